The van der Waals surface area contributed by atoms with Crippen molar-refractivity contribution in [3.05, 3.63) is 34.9 Å². The lowest BCUT2D eigenvalue weighted by Gasteiger charge is -2.12. The highest BCUT2D eigenvalue weighted by molar-refractivity contribution is 6.22. The minimum Gasteiger partial charge on any atom is -0.348 e. The summed E-state index contributed by atoms with van der Waals surface area (Å²) in [6.07, 6.45) is 1.67. The van der Waals surface area contributed by atoms with Crippen LogP contribution in [0.3, 0.4) is 0 Å². The summed E-state index contributed by atoms with van der Waals surface area (Å²) in [4.78, 5) is 37.9. The van der Waals surface area contributed by atoms with Crippen LogP contribution in [0.4, 0.5) is 0 Å². The van der Waals surface area contributed by atoms with E-state index in [-0.39, 0.29) is 36.2 Å². The average molecular weight is 340 g/mol. The van der Waals surface area contributed by atoms with Crippen LogP contribution in [0.15, 0.2) is 18.2 Å². The normalized spacial score (nSPS) is 14.3. The number of carbonyl (C=O) groups is 3. The van der Waals surface area contributed by atoms with E-state index in [1.807, 2.05) is 6.92 Å². The lowest BCUT2D eigenvalue weighted by atomic mass is 10.1. The number of carbonyl (C=O) groups excluding carboxylic acids is 3. The molecule has 0 radical (unpaired) electrons. The average Bonchev–Trinajstić information content (AvgIpc) is 2.76. The number of nitrogens with one attached hydrogen (secondary N) is 1. The molecule has 0 saturated heterocycles. The summed E-state index contributed by atoms with van der Waals surface area (Å²) in [6.45, 7) is 4.54. The lowest BCUT2D eigenvalue weighted by Crippen LogP contribution is -2.37. The first-order valence-corrected chi connectivity index (χ1v) is 7.50. The standard InChI is InChI=1S/C16H21N3O3.ClH/c1-3-4-7-19-15(21)12-6-5-11(8-13(12)16(19)22)14(20)18-10(2)9-17;/h5-6,8,10H,3-4,7,9,17H2,1-2H3,(H,18,20);1H/t10-;/m0./s1. The van der Waals surface area contributed by atoms with Crippen molar-refractivity contribution in [2.45, 2.75) is 32.7 Å². The molecular formula is C16H22ClN3O3. The van der Waals surface area contributed by atoms with Crippen LogP contribution in [0.5, 0.6) is 0 Å². The third-order valence-electron chi connectivity index (χ3n) is 3.70. The number of hydrogen-bond acceptors (Lipinski definition) is 4. The van der Waals surface area contributed by atoms with E-state index in [2.05, 4.69) is 5.32 Å². The summed E-state index contributed by atoms with van der Waals surface area (Å²) in [5, 5.41) is 2.73. The second-order valence-corrected chi connectivity index (χ2v) is 5.49. The number of unbranched alkanes of at least 4 members (excludes halogenated alkanes) is 1. The zero-order valence-corrected chi connectivity index (χ0v) is 14.1. The third-order valence-corrected chi connectivity index (χ3v) is 3.70. The van der Waals surface area contributed by atoms with Crippen molar-refractivity contribution in [1.29, 1.82) is 0 Å². The van der Waals surface area contributed by atoms with Crippen LogP contribution in [0.25, 0.3) is 0 Å². The first kappa shape index (κ1) is 19.1. The quantitative estimate of drug-likeness (QED) is 0.770. The molecule has 1 aromatic rings. The van der Waals surface area contributed by atoms with E-state index >= 15 is 0 Å². The molecule has 1 aromatic carbocycles. The number of nitrogens with two attached hydrogens (primary N) is 1. The van der Waals surface area contributed by atoms with Gasteiger partial charge in [0.25, 0.3) is 17.7 Å². The summed E-state index contributed by atoms with van der Waals surface area (Å²) >= 11 is 0. The number of benzene rings is 1. The van der Waals surface area contributed by atoms with E-state index in [9.17, 15) is 14.4 Å². The Balaban J connectivity index is 0.00000264. The Labute approximate surface area is 141 Å². The minimum absolute atomic E-state index is 0. The number of hydrogen-bond donors (Lipinski definition) is 2. The maximum Gasteiger partial charge on any atom is 0.261 e. The van der Waals surface area contributed by atoms with Gasteiger partial charge in [0.2, 0.25) is 0 Å². The Hall–Kier alpha value is -1.92. The highest BCUT2D eigenvalue weighted by Crippen LogP contribution is 2.24. The Kier molecular flexibility index (Phi) is 6.72. The third kappa shape index (κ3) is 3.89. The fourth-order valence-electron chi connectivity index (χ4n) is 2.32. The van der Waals surface area contributed by atoms with E-state index in [1.54, 1.807) is 19.1 Å². The zero-order valence-electron chi connectivity index (χ0n) is 13.3. The van der Waals surface area contributed by atoms with Crippen LogP contribution in [-0.4, -0.2) is 41.8 Å². The first-order valence-electron chi connectivity index (χ1n) is 7.50. The molecule has 0 spiro atoms. The number of fused-ring (bicyclic) bond motifs is 1. The van der Waals surface area contributed by atoms with Gasteiger partial charge in [0.05, 0.1) is 11.1 Å². The predicted molar refractivity (Wildman–Crippen MR) is 89.9 cm³/mol. The van der Waals surface area contributed by atoms with Gasteiger partial charge in [0, 0.05) is 24.7 Å². The molecule has 23 heavy (non-hydrogen) atoms. The van der Waals surface area contributed by atoms with Crippen LogP contribution in [0.1, 0.15) is 57.8 Å². The predicted octanol–water partition coefficient (Wildman–Crippen LogP) is 1.58. The van der Waals surface area contributed by atoms with Gasteiger partial charge < -0.3 is 11.1 Å². The Morgan fingerprint density at radius 1 is 1.26 bits per heavy atom. The molecule has 3 N–H and O–H groups in total. The second-order valence-electron chi connectivity index (χ2n) is 5.49. The number of imide groups is 1. The first-order chi connectivity index (χ1) is 10.5. The molecule has 3 amide bonds. The fourth-order valence-corrected chi connectivity index (χ4v) is 2.32. The maximum absolute atomic E-state index is 12.3. The van der Waals surface area contributed by atoms with Crippen LogP contribution >= 0.6 is 12.4 Å². The minimum atomic E-state index is -0.324. The van der Waals surface area contributed by atoms with E-state index in [4.69, 9.17) is 5.73 Å². The van der Waals surface area contributed by atoms with Gasteiger partial charge in [0.15, 0.2) is 0 Å². The van der Waals surface area contributed by atoms with Gasteiger partial charge in [-0.1, -0.05) is 13.3 Å². The molecule has 1 atom stereocenters. The summed E-state index contributed by atoms with van der Waals surface area (Å²) in [5.74, 6) is -0.904. The molecule has 0 saturated carbocycles. The molecule has 1 aliphatic heterocycles. The van der Waals surface area contributed by atoms with E-state index in [0.717, 1.165) is 12.8 Å². The molecule has 1 heterocycles. The van der Waals surface area contributed by atoms with Crippen LogP contribution in [0, 0.1) is 0 Å². The molecule has 0 unspecified atom stereocenters. The van der Waals surface area contributed by atoms with Gasteiger partial charge in [-0.3, -0.25) is 19.3 Å². The van der Waals surface area contributed by atoms with Crippen molar-refractivity contribution in [3.63, 3.8) is 0 Å². The van der Waals surface area contributed by atoms with Crippen molar-refractivity contribution < 1.29 is 14.4 Å². The molecule has 0 aliphatic carbocycles. The van der Waals surface area contributed by atoms with E-state index in [0.29, 0.717) is 29.8 Å². The molecular weight excluding hydrogens is 318 g/mol. The molecule has 0 bridgehead atoms. The van der Waals surface area contributed by atoms with Crippen molar-refractivity contribution >= 4 is 30.1 Å². The molecule has 126 valence electrons. The molecule has 0 aromatic heterocycles. The highest BCUT2D eigenvalue weighted by Gasteiger charge is 2.35. The van der Waals surface area contributed by atoms with Crippen LogP contribution in [-0.2, 0) is 0 Å². The van der Waals surface area contributed by atoms with Gasteiger partial charge in [-0.25, -0.2) is 0 Å². The SMILES string of the molecule is CCCCN1C(=O)c2ccc(C(=O)N[C@@H](C)CN)cc2C1=O.Cl. The van der Waals surface area contributed by atoms with E-state index < -0.39 is 0 Å². The number of nitrogens with zero attached hydrogens (tertiary/aromatic N) is 1. The van der Waals surface area contributed by atoms with Crippen LogP contribution in [0.2, 0.25) is 0 Å². The van der Waals surface area contributed by atoms with Gasteiger partial charge in [0.1, 0.15) is 0 Å². The molecule has 7 heteroatoms. The Bertz CT molecular complexity index is 619. The molecule has 1 aliphatic rings. The fraction of sp³-hybridized carbons (Fsp3) is 0.438. The summed E-state index contributed by atoms with van der Waals surface area (Å²) in [5.41, 5.74) is 6.50. The van der Waals surface area contributed by atoms with Crippen molar-refractivity contribution in [2.24, 2.45) is 5.73 Å². The van der Waals surface area contributed by atoms with Crippen LogP contribution < -0.4 is 11.1 Å². The summed E-state index contributed by atoms with van der Waals surface area (Å²) < 4.78 is 0. The highest BCUT2D eigenvalue weighted by atomic mass is 35.5. The maximum atomic E-state index is 12.3. The number of rotatable bonds is 6. The molecule has 2 rings (SSSR count). The number of halogens is 1. The monoisotopic (exact) mass is 339 g/mol. The number of amides is 3. The van der Waals surface area contributed by atoms with Gasteiger partial charge in [-0.2, -0.15) is 0 Å². The molecule has 6 nitrogen and oxygen atoms in total. The largest absolute Gasteiger partial charge is 0.348 e. The Morgan fingerprint density at radius 2 is 1.91 bits per heavy atom. The van der Waals surface area contributed by atoms with Crippen molar-refractivity contribution in [3.8, 4) is 0 Å². The Morgan fingerprint density at radius 3 is 2.52 bits per heavy atom. The zero-order chi connectivity index (χ0) is 16.3. The van der Waals surface area contributed by atoms with E-state index in [1.165, 1.54) is 11.0 Å². The van der Waals surface area contributed by atoms with Gasteiger partial charge in [-0.05, 0) is 31.5 Å². The van der Waals surface area contributed by atoms with Gasteiger partial charge >= 0.3 is 0 Å². The summed E-state index contributed by atoms with van der Waals surface area (Å²) in [7, 11) is 0. The summed E-state index contributed by atoms with van der Waals surface area (Å²) in [6, 6.07) is 4.44. The smallest absolute Gasteiger partial charge is 0.261 e. The second kappa shape index (κ2) is 8.08. The van der Waals surface area contributed by atoms with Crippen molar-refractivity contribution in [2.75, 3.05) is 13.1 Å². The van der Waals surface area contributed by atoms with Crippen molar-refractivity contribution in [1.82, 2.24) is 10.2 Å². The molecule has 0 fully saturated rings. The lowest BCUT2D eigenvalue weighted by molar-refractivity contribution is 0.0652. The topological polar surface area (TPSA) is 92.5 Å². The van der Waals surface area contributed by atoms with Gasteiger partial charge in [-0.15, -0.1) is 12.4 Å².